The molecule has 1 fully saturated rings. The molecule has 0 bridgehead atoms. The van der Waals surface area contributed by atoms with E-state index in [1.54, 1.807) is 30.5 Å². The van der Waals surface area contributed by atoms with Crippen molar-refractivity contribution in [1.82, 2.24) is 29.9 Å². The second-order valence-corrected chi connectivity index (χ2v) is 9.33. The van der Waals surface area contributed by atoms with Gasteiger partial charge in [0.25, 0.3) is 5.56 Å². The Morgan fingerprint density at radius 1 is 1.00 bits per heavy atom. The van der Waals surface area contributed by atoms with Gasteiger partial charge in [-0.3, -0.25) is 9.48 Å². The van der Waals surface area contributed by atoms with Crippen LogP contribution in [0.25, 0.3) is 34.0 Å². The van der Waals surface area contributed by atoms with Crippen molar-refractivity contribution in [2.45, 2.75) is 25.4 Å². The molecule has 0 spiro atoms. The first-order valence-corrected chi connectivity index (χ1v) is 12.6. The van der Waals surface area contributed by atoms with E-state index in [0.717, 1.165) is 48.2 Å². The summed E-state index contributed by atoms with van der Waals surface area (Å²) in [5, 5.41) is 21.7. The van der Waals surface area contributed by atoms with Crippen molar-refractivity contribution in [3.8, 4) is 40.1 Å². The zero-order chi connectivity index (χ0) is 25.9. The molecule has 0 atom stereocenters. The molecule has 1 aliphatic heterocycles. The summed E-state index contributed by atoms with van der Waals surface area (Å²) >= 11 is 0. The van der Waals surface area contributed by atoms with Gasteiger partial charge in [-0.1, -0.05) is 24.3 Å². The Balaban J connectivity index is 1.22. The minimum absolute atomic E-state index is 0.209. The van der Waals surface area contributed by atoms with Crippen molar-refractivity contribution >= 4 is 0 Å². The number of nitrogens with zero attached hydrogens (tertiary/aromatic N) is 6. The molecule has 2 aromatic carbocycles. The Morgan fingerprint density at radius 2 is 1.84 bits per heavy atom. The van der Waals surface area contributed by atoms with Crippen molar-refractivity contribution in [2.75, 3.05) is 13.1 Å². The molecule has 3 aromatic heterocycles. The molecule has 0 saturated carbocycles. The smallest absolute Gasteiger partial charge is 0.267 e. The second-order valence-electron chi connectivity index (χ2n) is 9.33. The Bertz CT molecular complexity index is 1690. The number of hydrogen-bond acceptors (Lipinski definition) is 7. The number of piperidine rings is 1. The topological polar surface area (TPSA) is 115 Å². The number of rotatable bonds is 6. The fraction of sp³-hybridized carbons (Fsp3) is 0.207. The van der Waals surface area contributed by atoms with E-state index in [-0.39, 0.29) is 12.1 Å². The van der Waals surface area contributed by atoms with Crippen molar-refractivity contribution < 1.29 is 4.42 Å². The number of hydrogen-bond donors (Lipinski definition) is 1. The van der Waals surface area contributed by atoms with Crippen LogP contribution in [0.5, 0.6) is 0 Å². The van der Waals surface area contributed by atoms with Gasteiger partial charge in [0.05, 0.1) is 47.9 Å². The lowest BCUT2D eigenvalue weighted by Gasteiger charge is -2.22. The first kappa shape index (κ1) is 23.6. The van der Waals surface area contributed by atoms with Gasteiger partial charge < -0.3 is 9.73 Å². The molecule has 38 heavy (non-hydrogen) atoms. The predicted molar refractivity (Wildman–Crippen MR) is 142 cm³/mol. The highest BCUT2D eigenvalue weighted by Crippen LogP contribution is 2.28. The molecule has 188 valence electrons. The van der Waals surface area contributed by atoms with Crippen molar-refractivity contribution in [3.63, 3.8) is 0 Å². The fourth-order valence-corrected chi connectivity index (χ4v) is 4.72. The van der Waals surface area contributed by atoms with Crippen LogP contribution in [0.2, 0.25) is 0 Å². The first-order chi connectivity index (χ1) is 18.7. The SMILES string of the molecule is N#Cc1cccc(-c2ccc(=O)n(Cc3cccc(-c4ncc(-c5cnn(C6CCNCC6)c5)o4)c3)n2)c1. The molecule has 0 unspecified atom stereocenters. The minimum atomic E-state index is -0.209. The van der Waals surface area contributed by atoms with Crippen LogP contribution in [0.1, 0.15) is 30.0 Å². The summed E-state index contributed by atoms with van der Waals surface area (Å²) in [6.07, 6.45) is 7.68. The summed E-state index contributed by atoms with van der Waals surface area (Å²) in [5.41, 5.74) is 4.33. The largest absolute Gasteiger partial charge is 0.436 e. The molecule has 6 rings (SSSR count). The lowest BCUT2D eigenvalue weighted by atomic mass is 10.1. The fourth-order valence-electron chi connectivity index (χ4n) is 4.72. The van der Waals surface area contributed by atoms with Crippen LogP contribution in [0.4, 0.5) is 0 Å². The molecule has 1 aliphatic rings. The van der Waals surface area contributed by atoms with E-state index >= 15 is 0 Å². The molecular formula is C29H25N7O2. The molecule has 9 nitrogen and oxygen atoms in total. The van der Waals surface area contributed by atoms with E-state index < -0.39 is 0 Å². The van der Waals surface area contributed by atoms with Gasteiger partial charge in [-0.05, 0) is 61.8 Å². The Labute approximate surface area is 219 Å². The molecule has 0 radical (unpaired) electrons. The van der Waals surface area contributed by atoms with Gasteiger partial charge in [0, 0.05) is 23.4 Å². The lowest BCUT2D eigenvalue weighted by Crippen LogP contribution is -2.29. The van der Waals surface area contributed by atoms with Crippen LogP contribution in [-0.2, 0) is 6.54 Å². The molecule has 4 heterocycles. The normalized spacial score (nSPS) is 13.9. The maximum Gasteiger partial charge on any atom is 0.267 e. The second kappa shape index (κ2) is 10.3. The van der Waals surface area contributed by atoms with Gasteiger partial charge in [-0.2, -0.15) is 15.5 Å². The molecule has 0 amide bonds. The van der Waals surface area contributed by atoms with Crippen LogP contribution in [0, 0.1) is 11.3 Å². The summed E-state index contributed by atoms with van der Waals surface area (Å²) in [6, 6.07) is 20.6. The van der Waals surface area contributed by atoms with Gasteiger partial charge in [-0.15, -0.1) is 0 Å². The number of nitriles is 1. The van der Waals surface area contributed by atoms with E-state index in [9.17, 15) is 10.1 Å². The van der Waals surface area contributed by atoms with Crippen LogP contribution in [0.3, 0.4) is 0 Å². The Morgan fingerprint density at radius 3 is 2.71 bits per heavy atom. The quantitative estimate of drug-likeness (QED) is 0.368. The van der Waals surface area contributed by atoms with Gasteiger partial charge in [0.2, 0.25) is 5.89 Å². The van der Waals surface area contributed by atoms with Crippen LogP contribution in [-0.4, -0.2) is 37.6 Å². The van der Waals surface area contributed by atoms with Crippen LogP contribution in [0.15, 0.2) is 88.5 Å². The number of oxazole rings is 1. The van der Waals surface area contributed by atoms with E-state index in [4.69, 9.17) is 4.42 Å². The Hall–Kier alpha value is -4.81. The third-order valence-corrected chi connectivity index (χ3v) is 6.73. The van der Waals surface area contributed by atoms with E-state index in [1.807, 2.05) is 47.4 Å². The van der Waals surface area contributed by atoms with E-state index in [0.29, 0.717) is 29.0 Å². The molecule has 9 heteroatoms. The van der Waals surface area contributed by atoms with Crippen molar-refractivity contribution in [2.24, 2.45) is 0 Å². The maximum absolute atomic E-state index is 12.6. The van der Waals surface area contributed by atoms with E-state index in [1.165, 1.54) is 10.7 Å². The highest BCUT2D eigenvalue weighted by Gasteiger charge is 2.17. The summed E-state index contributed by atoms with van der Waals surface area (Å²) in [4.78, 5) is 17.1. The average molecular weight is 504 g/mol. The monoisotopic (exact) mass is 503 g/mol. The number of benzene rings is 2. The first-order valence-electron chi connectivity index (χ1n) is 12.6. The highest BCUT2D eigenvalue weighted by molar-refractivity contribution is 5.61. The standard InChI is InChI=1S/C29H25N7O2/c30-15-20-3-1-5-22(13-20)26-7-8-28(37)36(34-26)18-21-4-2-6-23(14-21)29-32-17-27(38-29)24-16-33-35(19-24)25-9-11-31-12-10-25/h1-8,13-14,16-17,19,25,31H,9-12,18H2. The summed E-state index contributed by atoms with van der Waals surface area (Å²) < 4.78 is 9.54. The zero-order valence-electron chi connectivity index (χ0n) is 20.6. The third-order valence-electron chi connectivity index (χ3n) is 6.73. The molecule has 1 N–H and O–H groups in total. The molecule has 0 aliphatic carbocycles. The zero-order valence-corrected chi connectivity index (χ0v) is 20.6. The van der Waals surface area contributed by atoms with Gasteiger partial charge >= 0.3 is 0 Å². The summed E-state index contributed by atoms with van der Waals surface area (Å²) in [5.74, 6) is 1.16. The van der Waals surface area contributed by atoms with E-state index in [2.05, 4.69) is 26.6 Å². The van der Waals surface area contributed by atoms with Crippen LogP contribution < -0.4 is 10.9 Å². The Kier molecular flexibility index (Phi) is 6.38. The van der Waals surface area contributed by atoms with Crippen LogP contribution >= 0.6 is 0 Å². The number of nitrogens with one attached hydrogen (secondary N) is 1. The molecular weight excluding hydrogens is 478 g/mol. The predicted octanol–water partition coefficient (Wildman–Crippen LogP) is 4.27. The maximum atomic E-state index is 12.6. The van der Waals surface area contributed by atoms with Gasteiger partial charge in [-0.25, -0.2) is 9.67 Å². The summed E-state index contributed by atoms with van der Waals surface area (Å²) in [6.45, 7) is 2.29. The summed E-state index contributed by atoms with van der Waals surface area (Å²) in [7, 11) is 0. The number of aromatic nitrogens is 5. The lowest BCUT2D eigenvalue weighted by molar-refractivity contribution is 0.343. The van der Waals surface area contributed by atoms with Crippen molar-refractivity contribution in [3.05, 3.63) is 101 Å². The highest BCUT2D eigenvalue weighted by atomic mass is 16.4. The van der Waals surface area contributed by atoms with Gasteiger partial charge in [0.1, 0.15) is 0 Å². The molecule has 5 aromatic rings. The minimum Gasteiger partial charge on any atom is -0.436 e. The third kappa shape index (κ3) is 4.90. The average Bonchev–Trinajstić information content (AvgIpc) is 3.66. The molecule has 1 saturated heterocycles. The van der Waals surface area contributed by atoms with Crippen molar-refractivity contribution in [1.29, 1.82) is 5.26 Å². The van der Waals surface area contributed by atoms with Gasteiger partial charge in [0.15, 0.2) is 5.76 Å².